The predicted molar refractivity (Wildman–Crippen MR) is 79.4 cm³/mol. The van der Waals surface area contributed by atoms with Crippen LogP contribution in [0.2, 0.25) is 0 Å². The predicted octanol–water partition coefficient (Wildman–Crippen LogP) is 3.54. The van der Waals surface area contributed by atoms with Crippen LogP contribution in [0.5, 0.6) is 0 Å². The van der Waals surface area contributed by atoms with Gasteiger partial charge in [0.15, 0.2) is 0 Å². The maximum absolute atomic E-state index is 12.0. The molecule has 0 aliphatic heterocycles. The van der Waals surface area contributed by atoms with Crippen molar-refractivity contribution in [2.45, 2.75) is 32.1 Å². The summed E-state index contributed by atoms with van der Waals surface area (Å²) in [4.78, 5) is 13.6. The third kappa shape index (κ3) is 5.15. The minimum atomic E-state index is 0.0533. The Labute approximate surface area is 119 Å². The fraction of sp³-hybridized carbons (Fsp3) is 0.375. The second-order valence-corrected chi connectivity index (χ2v) is 4.74. The zero-order chi connectivity index (χ0) is 15.0. The van der Waals surface area contributed by atoms with Crippen LogP contribution < -0.4 is 4.90 Å². The summed E-state index contributed by atoms with van der Waals surface area (Å²) in [5.74, 6) is 0.253. The molecule has 0 bridgehead atoms. The van der Waals surface area contributed by atoms with Crippen molar-refractivity contribution in [1.82, 2.24) is 0 Å². The number of amides is 1. The fourth-order valence-corrected chi connectivity index (χ4v) is 1.85. The van der Waals surface area contributed by atoms with Crippen LogP contribution in [-0.2, 0) is 4.79 Å². The van der Waals surface area contributed by atoms with Gasteiger partial charge in [-0.3, -0.25) is 4.79 Å². The van der Waals surface area contributed by atoms with E-state index in [1.165, 1.54) is 0 Å². The molecule has 0 radical (unpaired) electrons. The highest BCUT2D eigenvalue weighted by Gasteiger charge is 2.10. The van der Waals surface area contributed by atoms with Gasteiger partial charge < -0.3 is 10.0 Å². The smallest absolute Gasteiger partial charge is 0.226 e. The number of hydrogen-bond donors (Lipinski definition) is 1. The Bertz CT molecular complexity index is 500. The maximum Gasteiger partial charge on any atom is 0.226 e. The van der Waals surface area contributed by atoms with Crippen LogP contribution in [-0.4, -0.2) is 18.1 Å². The molecule has 0 aliphatic rings. The molecule has 0 atom stereocenters. The van der Waals surface area contributed by atoms with Crippen LogP contribution in [0, 0.1) is 11.3 Å². The Hall–Kier alpha value is -2.28. The van der Waals surface area contributed by atoms with Crippen molar-refractivity contribution in [3.05, 3.63) is 42.2 Å². The topological polar surface area (TPSA) is 64.3 Å². The Morgan fingerprint density at radius 1 is 1.25 bits per heavy atom. The highest BCUT2D eigenvalue weighted by atomic mass is 16.3. The lowest BCUT2D eigenvalue weighted by Crippen LogP contribution is -2.25. The number of rotatable bonds is 7. The molecule has 0 heterocycles. The molecule has 1 rings (SSSR count). The van der Waals surface area contributed by atoms with Gasteiger partial charge in [-0.15, -0.1) is 0 Å². The summed E-state index contributed by atoms with van der Waals surface area (Å²) in [7, 11) is 1.74. The number of nitriles is 1. The van der Waals surface area contributed by atoms with E-state index in [2.05, 4.69) is 6.58 Å². The van der Waals surface area contributed by atoms with Crippen molar-refractivity contribution in [3.63, 3.8) is 0 Å². The van der Waals surface area contributed by atoms with Gasteiger partial charge in [-0.05, 0) is 37.1 Å². The van der Waals surface area contributed by atoms with Gasteiger partial charge in [0.1, 0.15) is 0 Å². The number of allylic oxidation sites excluding steroid dienone is 1. The number of nitrogens with zero attached hydrogens (tertiary/aromatic N) is 2. The van der Waals surface area contributed by atoms with Crippen LogP contribution in [0.15, 0.2) is 36.6 Å². The molecule has 1 N–H and O–H groups in total. The number of aliphatic hydroxyl groups is 1. The Balaban J connectivity index is 2.38. The molecule has 1 aromatic carbocycles. The van der Waals surface area contributed by atoms with Gasteiger partial charge in [0, 0.05) is 25.6 Å². The van der Waals surface area contributed by atoms with Gasteiger partial charge in [0.25, 0.3) is 0 Å². The van der Waals surface area contributed by atoms with Gasteiger partial charge in [-0.25, -0.2) is 0 Å². The lowest BCUT2D eigenvalue weighted by atomic mass is 10.1. The van der Waals surface area contributed by atoms with E-state index in [4.69, 9.17) is 10.4 Å². The Morgan fingerprint density at radius 3 is 2.40 bits per heavy atom. The molecule has 0 saturated heterocycles. The summed E-state index contributed by atoms with van der Waals surface area (Å²) in [5.41, 5.74) is 1.37. The van der Waals surface area contributed by atoms with E-state index in [0.717, 1.165) is 24.9 Å². The Morgan fingerprint density at radius 2 is 1.85 bits per heavy atom. The normalized spacial score (nSPS) is 9.80. The standard InChI is InChI=1S/C16H20N2O2/c1-13(19)6-4-3-5-7-16(20)18(2)15-10-8-14(12-17)9-11-15/h8-11,19H,1,3-7H2,2H3. The van der Waals surface area contributed by atoms with E-state index < -0.39 is 0 Å². The quantitative estimate of drug-likeness (QED) is 0.610. The van der Waals surface area contributed by atoms with Crippen molar-refractivity contribution in [2.75, 3.05) is 11.9 Å². The minimum Gasteiger partial charge on any atom is -0.513 e. The molecule has 1 aromatic rings. The van der Waals surface area contributed by atoms with Gasteiger partial charge in [0.2, 0.25) is 5.91 Å². The zero-order valence-corrected chi connectivity index (χ0v) is 11.8. The number of carbonyl (C=O) groups is 1. The van der Waals surface area contributed by atoms with Crippen LogP contribution in [0.4, 0.5) is 5.69 Å². The van der Waals surface area contributed by atoms with Gasteiger partial charge >= 0.3 is 0 Å². The summed E-state index contributed by atoms with van der Waals surface area (Å²) < 4.78 is 0. The van der Waals surface area contributed by atoms with Crippen LogP contribution >= 0.6 is 0 Å². The first kappa shape index (κ1) is 15.8. The van der Waals surface area contributed by atoms with E-state index >= 15 is 0 Å². The summed E-state index contributed by atoms with van der Waals surface area (Å²) >= 11 is 0. The van der Waals surface area contributed by atoms with Crippen molar-refractivity contribution < 1.29 is 9.90 Å². The minimum absolute atomic E-state index is 0.0533. The van der Waals surface area contributed by atoms with Crippen molar-refractivity contribution >= 4 is 11.6 Å². The number of carbonyl (C=O) groups excluding carboxylic acids is 1. The molecule has 0 saturated carbocycles. The van der Waals surface area contributed by atoms with E-state index in [9.17, 15) is 4.79 Å². The van der Waals surface area contributed by atoms with Gasteiger partial charge in [-0.1, -0.05) is 13.0 Å². The molecular formula is C16H20N2O2. The highest BCUT2D eigenvalue weighted by Crippen LogP contribution is 2.16. The largest absolute Gasteiger partial charge is 0.513 e. The third-order valence-electron chi connectivity index (χ3n) is 3.11. The second kappa shape index (κ2) is 8.00. The zero-order valence-electron chi connectivity index (χ0n) is 11.8. The lowest BCUT2D eigenvalue weighted by Gasteiger charge is -2.17. The van der Waals surface area contributed by atoms with Crippen LogP contribution in [0.1, 0.15) is 37.7 Å². The number of aliphatic hydroxyl groups excluding tert-OH is 1. The maximum atomic E-state index is 12.0. The lowest BCUT2D eigenvalue weighted by molar-refractivity contribution is -0.118. The number of anilines is 1. The van der Waals surface area contributed by atoms with E-state index in [1.807, 2.05) is 6.07 Å². The molecule has 0 fully saturated rings. The Kier molecular flexibility index (Phi) is 6.31. The van der Waals surface area contributed by atoms with Crippen molar-refractivity contribution in [1.29, 1.82) is 5.26 Å². The molecule has 1 amide bonds. The summed E-state index contributed by atoms with van der Waals surface area (Å²) in [6.45, 7) is 3.43. The first-order chi connectivity index (χ1) is 9.54. The molecule has 0 spiro atoms. The first-order valence-corrected chi connectivity index (χ1v) is 6.68. The van der Waals surface area contributed by atoms with Crippen LogP contribution in [0.3, 0.4) is 0 Å². The molecule has 4 heteroatoms. The number of hydrogen-bond acceptors (Lipinski definition) is 3. The van der Waals surface area contributed by atoms with E-state index in [1.54, 1.807) is 36.2 Å². The summed E-state index contributed by atoms with van der Waals surface area (Å²) in [6.07, 6.45) is 3.62. The first-order valence-electron chi connectivity index (χ1n) is 6.68. The second-order valence-electron chi connectivity index (χ2n) is 4.74. The molecule has 106 valence electrons. The van der Waals surface area contributed by atoms with Crippen LogP contribution in [0.25, 0.3) is 0 Å². The number of benzene rings is 1. The monoisotopic (exact) mass is 272 g/mol. The third-order valence-corrected chi connectivity index (χ3v) is 3.11. The SMILES string of the molecule is C=C(O)CCCCCC(=O)N(C)c1ccc(C#N)cc1. The molecular weight excluding hydrogens is 252 g/mol. The molecule has 0 aromatic heterocycles. The highest BCUT2D eigenvalue weighted by molar-refractivity contribution is 5.92. The number of unbranched alkanes of at least 4 members (excludes halogenated alkanes) is 2. The van der Waals surface area contributed by atoms with Gasteiger partial charge in [0.05, 0.1) is 17.4 Å². The fourth-order valence-electron chi connectivity index (χ4n) is 1.85. The average Bonchev–Trinajstić information content (AvgIpc) is 2.45. The summed E-state index contributed by atoms with van der Waals surface area (Å²) in [6, 6.07) is 8.99. The molecule has 4 nitrogen and oxygen atoms in total. The molecule has 0 aliphatic carbocycles. The summed E-state index contributed by atoms with van der Waals surface area (Å²) in [5, 5.41) is 17.7. The average molecular weight is 272 g/mol. The molecule has 20 heavy (non-hydrogen) atoms. The van der Waals surface area contributed by atoms with E-state index in [-0.39, 0.29) is 11.7 Å². The van der Waals surface area contributed by atoms with Crippen molar-refractivity contribution in [3.8, 4) is 6.07 Å². The van der Waals surface area contributed by atoms with E-state index in [0.29, 0.717) is 18.4 Å². The molecule has 0 unspecified atom stereocenters. The van der Waals surface area contributed by atoms with Gasteiger partial charge in [-0.2, -0.15) is 5.26 Å². The van der Waals surface area contributed by atoms with Crippen molar-refractivity contribution in [2.24, 2.45) is 0 Å².